The van der Waals surface area contributed by atoms with Crippen LogP contribution in [0, 0.1) is 5.82 Å². The summed E-state index contributed by atoms with van der Waals surface area (Å²) in [7, 11) is -3.27. The van der Waals surface area contributed by atoms with Crippen LogP contribution in [0.4, 0.5) is 4.39 Å². The van der Waals surface area contributed by atoms with Crippen molar-refractivity contribution in [2.24, 2.45) is 0 Å². The minimum atomic E-state index is -3.27. The zero-order valence-corrected chi connectivity index (χ0v) is 22.9. The normalized spacial score (nSPS) is 21.8. The Kier molecular flexibility index (Phi) is 7.28. The van der Waals surface area contributed by atoms with Crippen LogP contribution in [0.2, 0.25) is 0 Å². The van der Waals surface area contributed by atoms with Gasteiger partial charge in [0.2, 0.25) is 0 Å². The van der Waals surface area contributed by atoms with E-state index in [0.29, 0.717) is 23.4 Å². The molecule has 0 N–H and O–H groups in total. The fourth-order valence-electron chi connectivity index (χ4n) is 6.60. The summed E-state index contributed by atoms with van der Waals surface area (Å²) < 4.78 is 46.5. The predicted molar refractivity (Wildman–Crippen MR) is 146 cm³/mol. The standard InChI is InChI=1S/C29H37FN4O3S/c1-38(35,36)25-4-2-22(3-5-25)27-20-34-17-10-26(28(30)29(34)31-27)21-6-13-32(14-7-21)23-8-15-33(16-9-23)24-11-18-37-19-12-24/h2-5,10,17,20-21,23-24H,6-9,11-16,18-19H2,1H3. The van der Waals surface area contributed by atoms with E-state index >= 15 is 4.39 Å². The van der Waals surface area contributed by atoms with Crippen LogP contribution in [0.25, 0.3) is 16.9 Å². The number of nitrogens with zero attached hydrogens (tertiary/aromatic N) is 4. The van der Waals surface area contributed by atoms with Crippen molar-refractivity contribution in [3.05, 3.63) is 54.1 Å². The Morgan fingerprint density at radius 2 is 1.47 bits per heavy atom. The maximum absolute atomic E-state index is 15.7. The van der Waals surface area contributed by atoms with Gasteiger partial charge in [0, 0.05) is 49.5 Å². The van der Waals surface area contributed by atoms with Crippen LogP contribution in [0.5, 0.6) is 0 Å². The van der Waals surface area contributed by atoms with Gasteiger partial charge in [0.25, 0.3) is 0 Å². The van der Waals surface area contributed by atoms with Crippen LogP contribution in [0.15, 0.2) is 47.6 Å². The maximum Gasteiger partial charge on any atom is 0.175 e. The Balaban J connectivity index is 1.09. The van der Waals surface area contributed by atoms with Gasteiger partial charge < -0.3 is 18.9 Å². The second-order valence-corrected chi connectivity index (χ2v) is 13.2. The molecule has 0 aliphatic carbocycles. The fraction of sp³-hybridized carbons (Fsp3) is 0.552. The van der Waals surface area contributed by atoms with E-state index in [1.165, 1.54) is 45.0 Å². The Morgan fingerprint density at radius 3 is 2.11 bits per heavy atom. The Hall–Kier alpha value is -2.33. The lowest BCUT2D eigenvalue weighted by molar-refractivity contribution is 0.0104. The highest BCUT2D eigenvalue weighted by atomic mass is 32.2. The van der Waals surface area contributed by atoms with Gasteiger partial charge in [-0.05, 0) is 94.4 Å². The molecule has 3 saturated heterocycles. The number of hydrogen-bond acceptors (Lipinski definition) is 6. The topological polar surface area (TPSA) is 67.2 Å². The van der Waals surface area contributed by atoms with Gasteiger partial charge in [-0.1, -0.05) is 12.1 Å². The zero-order valence-electron chi connectivity index (χ0n) is 22.1. The summed E-state index contributed by atoms with van der Waals surface area (Å²) in [6, 6.07) is 9.83. The molecule has 0 radical (unpaired) electrons. The van der Waals surface area contributed by atoms with Crippen LogP contribution in [-0.2, 0) is 14.6 Å². The molecule has 3 aromatic rings. The smallest absolute Gasteiger partial charge is 0.175 e. The molecule has 9 heteroatoms. The number of fused-ring (bicyclic) bond motifs is 1. The summed E-state index contributed by atoms with van der Waals surface area (Å²) in [5, 5.41) is 0. The highest BCUT2D eigenvalue weighted by molar-refractivity contribution is 7.90. The Labute approximate surface area is 224 Å². The van der Waals surface area contributed by atoms with Crippen LogP contribution in [-0.4, -0.2) is 85.3 Å². The zero-order chi connectivity index (χ0) is 26.3. The average molecular weight is 541 g/mol. The monoisotopic (exact) mass is 540 g/mol. The molecule has 0 unspecified atom stereocenters. The number of piperidine rings is 2. The average Bonchev–Trinajstić information content (AvgIpc) is 3.39. The third-order valence-electron chi connectivity index (χ3n) is 8.87. The van der Waals surface area contributed by atoms with Gasteiger partial charge in [-0.2, -0.15) is 0 Å². The first-order valence-corrected chi connectivity index (χ1v) is 15.8. The molecule has 3 aliphatic rings. The predicted octanol–water partition coefficient (Wildman–Crippen LogP) is 4.37. The molecule has 2 aromatic heterocycles. The first kappa shape index (κ1) is 25.9. The second kappa shape index (κ2) is 10.7. The highest BCUT2D eigenvalue weighted by Gasteiger charge is 2.32. The fourth-order valence-corrected chi connectivity index (χ4v) is 7.23. The van der Waals surface area contributed by atoms with Crippen molar-refractivity contribution in [3.8, 4) is 11.3 Å². The van der Waals surface area contributed by atoms with Gasteiger partial charge in [0.1, 0.15) is 0 Å². The number of halogens is 1. The van der Waals surface area contributed by atoms with E-state index in [1.807, 2.05) is 12.3 Å². The van der Waals surface area contributed by atoms with Crippen LogP contribution in [0.1, 0.15) is 50.0 Å². The molecule has 38 heavy (non-hydrogen) atoms. The number of aromatic nitrogens is 2. The molecule has 3 aliphatic heterocycles. The summed E-state index contributed by atoms with van der Waals surface area (Å²) in [5.41, 5.74) is 2.48. The van der Waals surface area contributed by atoms with Crippen molar-refractivity contribution < 1.29 is 17.5 Å². The largest absolute Gasteiger partial charge is 0.381 e. The minimum absolute atomic E-state index is 0.202. The molecule has 0 saturated carbocycles. The summed E-state index contributed by atoms with van der Waals surface area (Å²) >= 11 is 0. The molecule has 0 bridgehead atoms. The van der Waals surface area contributed by atoms with Crippen LogP contribution in [0.3, 0.4) is 0 Å². The number of sulfone groups is 1. The van der Waals surface area contributed by atoms with E-state index in [2.05, 4.69) is 14.8 Å². The lowest BCUT2D eigenvalue weighted by Crippen LogP contribution is -2.50. The van der Waals surface area contributed by atoms with Gasteiger partial charge in [0.15, 0.2) is 21.3 Å². The first-order valence-electron chi connectivity index (χ1n) is 13.9. The molecule has 0 amide bonds. The van der Waals surface area contributed by atoms with Crippen molar-refractivity contribution in [2.75, 3.05) is 45.6 Å². The van der Waals surface area contributed by atoms with Gasteiger partial charge in [-0.25, -0.2) is 17.8 Å². The summed E-state index contributed by atoms with van der Waals surface area (Å²) in [5.74, 6) is -0.0394. The summed E-state index contributed by atoms with van der Waals surface area (Å²) in [6.45, 7) is 6.20. The van der Waals surface area contributed by atoms with E-state index in [1.54, 1.807) is 34.9 Å². The number of imidazole rings is 1. The Bertz CT molecular complexity index is 1370. The van der Waals surface area contributed by atoms with Gasteiger partial charge >= 0.3 is 0 Å². The molecular weight excluding hydrogens is 503 g/mol. The van der Waals surface area contributed by atoms with Crippen molar-refractivity contribution >= 4 is 15.5 Å². The molecule has 6 rings (SSSR count). The lowest BCUT2D eigenvalue weighted by atomic mass is 9.88. The number of ether oxygens (including phenoxy) is 1. The molecule has 3 fully saturated rings. The van der Waals surface area contributed by atoms with Crippen molar-refractivity contribution in [2.45, 2.75) is 61.4 Å². The minimum Gasteiger partial charge on any atom is -0.381 e. The number of hydrogen-bond donors (Lipinski definition) is 0. The molecule has 204 valence electrons. The number of rotatable bonds is 5. The highest BCUT2D eigenvalue weighted by Crippen LogP contribution is 2.34. The van der Waals surface area contributed by atoms with E-state index in [4.69, 9.17) is 4.74 Å². The van der Waals surface area contributed by atoms with E-state index < -0.39 is 9.84 Å². The lowest BCUT2D eigenvalue weighted by Gasteiger charge is -2.44. The quantitative estimate of drug-likeness (QED) is 0.479. The van der Waals surface area contributed by atoms with Gasteiger partial charge in [-0.3, -0.25) is 0 Å². The van der Waals surface area contributed by atoms with Crippen LogP contribution < -0.4 is 0 Å². The summed E-state index contributed by atoms with van der Waals surface area (Å²) in [6.07, 6.45) is 11.6. The van der Waals surface area contributed by atoms with E-state index in [0.717, 1.165) is 50.3 Å². The van der Waals surface area contributed by atoms with Crippen molar-refractivity contribution in [1.29, 1.82) is 0 Å². The van der Waals surface area contributed by atoms with Crippen molar-refractivity contribution in [1.82, 2.24) is 19.2 Å². The number of likely N-dealkylation sites (tertiary alicyclic amines) is 2. The van der Waals surface area contributed by atoms with E-state index in [9.17, 15) is 8.42 Å². The molecular formula is C29H37FN4O3S. The molecule has 7 nitrogen and oxygen atoms in total. The molecule has 0 atom stereocenters. The summed E-state index contributed by atoms with van der Waals surface area (Å²) in [4.78, 5) is 10.2. The number of benzene rings is 1. The second-order valence-electron chi connectivity index (χ2n) is 11.2. The SMILES string of the molecule is CS(=O)(=O)c1ccc(-c2cn3ccc(C4CCN(C5CCN(C6CCOCC6)CC5)CC4)c(F)c3n2)cc1. The Morgan fingerprint density at radius 1 is 0.868 bits per heavy atom. The molecule has 5 heterocycles. The number of pyridine rings is 1. The third-order valence-corrected chi connectivity index (χ3v) is 10.00. The first-order chi connectivity index (χ1) is 18.4. The maximum atomic E-state index is 15.7. The van der Waals surface area contributed by atoms with Crippen molar-refractivity contribution in [3.63, 3.8) is 0 Å². The third kappa shape index (κ3) is 5.26. The molecule has 1 aromatic carbocycles. The van der Waals surface area contributed by atoms with Gasteiger partial charge in [-0.15, -0.1) is 0 Å². The van der Waals surface area contributed by atoms with Crippen LogP contribution >= 0.6 is 0 Å². The van der Waals surface area contributed by atoms with E-state index in [-0.39, 0.29) is 16.6 Å². The van der Waals surface area contributed by atoms with Gasteiger partial charge in [0.05, 0.1) is 10.6 Å². The molecule has 0 spiro atoms.